The largest absolute Gasteiger partial charge is 0.497 e. The van der Waals surface area contributed by atoms with E-state index < -0.39 is 0 Å². The molecule has 200 valence electrons. The van der Waals surface area contributed by atoms with Crippen molar-refractivity contribution in [2.24, 2.45) is 0 Å². The lowest BCUT2D eigenvalue weighted by molar-refractivity contribution is 0.319. The fourth-order valence-corrected chi connectivity index (χ4v) is 3.79. The molecule has 0 amide bonds. The lowest BCUT2D eigenvalue weighted by Gasteiger charge is -2.14. The van der Waals surface area contributed by atoms with Crippen molar-refractivity contribution in [2.75, 3.05) is 27.3 Å². The van der Waals surface area contributed by atoms with Gasteiger partial charge in [0.2, 0.25) is 5.89 Å². The number of benzene rings is 3. The van der Waals surface area contributed by atoms with Gasteiger partial charge in [0, 0.05) is 18.5 Å². The summed E-state index contributed by atoms with van der Waals surface area (Å²) in [5, 5.41) is 0. The van der Waals surface area contributed by atoms with Crippen molar-refractivity contribution < 1.29 is 13.9 Å². The zero-order valence-electron chi connectivity index (χ0n) is 23.4. The van der Waals surface area contributed by atoms with Crippen molar-refractivity contribution >= 4 is 0 Å². The van der Waals surface area contributed by atoms with Crippen LogP contribution in [-0.2, 0) is 19.4 Å². The molecular formula is C33H40N2O3. The van der Waals surface area contributed by atoms with Gasteiger partial charge in [-0.2, -0.15) is 0 Å². The van der Waals surface area contributed by atoms with Crippen LogP contribution in [0.4, 0.5) is 0 Å². The molecule has 4 rings (SSSR count). The number of hydrogen-bond donors (Lipinski definition) is 0. The van der Waals surface area contributed by atoms with Gasteiger partial charge in [0.15, 0.2) is 0 Å². The molecule has 0 N–H and O–H groups in total. The van der Waals surface area contributed by atoms with Crippen molar-refractivity contribution in [3.05, 3.63) is 114 Å². The van der Waals surface area contributed by atoms with E-state index in [0.717, 1.165) is 54.4 Å². The Balaban J connectivity index is 0.000000304. The molecule has 0 bridgehead atoms. The van der Waals surface area contributed by atoms with E-state index in [4.69, 9.17) is 13.9 Å². The van der Waals surface area contributed by atoms with E-state index in [1.54, 1.807) is 7.11 Å². The van der Waals surface area contributed by atoms with Crippen molar-refractivity contribution in [1.29, 1.82) is 0 Å². The smallest absolute Gasteiger partial charge is 0.226 e. The second-order valence-corrected chi connectivity index (χ2v) is 9.30. The second kappa shape index (κ2) is 14.8. The molecule has 0 spiro atoms. The number of allylic oxidation sites excluding steroid dienone is 1. The molecule has 1 aromatic heterocycles. The maximum absolute atomic E-state index is 5.89. The molecule has 0 atom stereocenters. The van der Waals surface area contributed by atoms with Crippen LogP contribution in [-0.4, -0.2) is 37.2 Å². The highest BCUT2D eigenvalue weighted by Crippen LogP contribution is 2.23. The summed E-state index contributed by atoms with van der Waals surface area (Å²) in [6.07, 6.45) is 3.54. The molecule has 0 fully saturated rings. The van der Waals surface area contributed by atoms with Gasteiger partial charge in [-0.25, -0.2) is 4.98 Å². The maximum Gasteiger partial charge on any atom is 0.226 e. The first-order valence-electron chi connectivity index (χ1n) is 13.1. The van der Waals surface area contributed by atoms with Crippen molar-refractivity contribution in [2.45, 2.75) is 40.2 Å². The standard InChI is InChI=1S/C23H28N2O2.C10H12O/c1-5-25(4)16-19-8-12-21(13-9-19)26-15-14-22-18(3)27-23(24-22)20-10-6-17(2)7-11-20;1-3-4-9-5-7-10(11-2)8-6-9/h6-13H,5,14-16H2,1-4H3;3,5-8H,1,4H2,2H3. The summed E-state index contributed by atoms with van der Waals surface area (Å²) in [7, 11) is 3.79. The molecule has 0 saturated heterocycles. The molecule has 0 aliphatic carbocycles. The predicted molar refractivity (Wildman–Crippen MR) is 156 cm³/mol. The van der Waals surface area contributed by atoms with E-state index in [2.05, 4.69) is 61.6 Å². The summed E-state index contributed by atoms with van der Waals surface area (Å²) >= 11 is 0. The highest BCUT2D eigenvalue weighted by Gasteiger charge is 2.11. The van der Waals surface area contributed by atoms with Crippen LogP contribution in [0, 0.1) is 13.8 Å². The Morgan fingerprint density at radius 1 is 0.895 bits per heavy atom. The van der Waals surface area contributed by atoms with Crippen LogP contribution >= 0.6 is 0 Å². The lowest BCUT2D eigenvalue weighted by atomic mass is 10.1. The molecule has 0 aliphatic rings. The first kappa shape index (κ1) is 28.7. The summed E-state index contributed by atoms with van der Waals surface area (Å²) in [5.74, 6) is 3.31. The number of oxazole rings is 1. The van der Waals surface area contributed by atoms with Gasteiger partial charge < -0.3 is 18.8 Å². The molecule has 3 aromatic carbocycles. The highest BCUT2D eigenvalue weighted by molar-refractivity contribution is 5.54. The van der Waals surface area contributed by atoms with Crippen LogP contribution in [0.5, 0.6) is 11.5 Å². The van der Waals surface area contributed by atoms with Gasteiger partial charge >= 0.3 is 0 Å². The lowest BCUT2D eigenvalue weighted by Crippen LogP contribution is -2.16. The number of ether oxygens (including phenoxy) is 2. The third-order valence-electron chi connectivity index (χ3n) is 6.25. The topological polar surface area (TPSA) is 47.7 Å². The second-order valence-electron chi connectivity index (χ2n) is 9.30. The average Bonchev–Trinajstić information content (AvgIpc) is 3.31. The van der Waals surface area contributed by atoms with E-state index in [1.165, 1.54) is 16.7 Å². The minimum atomic E-state index is 0.578. The summed E-state index contributed by atoms with van der Waals surface area (Å²) in [5.41, 5.74) is 5.74. The molecule has 1 heterocycles. The Morgan fingerprint density at radius 2 is 1.53 bits per heavy atom. The molecule has 5 nitrogen and oxygen atoms in total. The molecule has 0 aliphatic heterocycles. The number of nitrogens with zero attached hydrogens (tertiary/aromatic N) is 2. The molecule has 38 heavy (non-hydrogen) atoms. The Labute approximate surface area is 227 Å². The number of aromatic nitrogens is 1. The third-order valence-corrected chi connectivity index (χ3v) is 6.25. The first-order chi connectivity index (χ1) is 18.4. The number of methoxy groups -OCH3 is 1. The Kier molecular flexibility index (Phi) is 11.2. The molecule has 4 aromatic rings. The van der Waals surface area contributed by atoms with Gasteiger partial charge in [-0.15, -0.1) is 6.58 Å². The van der Waals surface area contributed by atoms with Crippen molar-refractivity contribution in [1.82, 2.24) is 9.88 Å². The van der Waals surface area contributed by atoms with Crippen LogP contribution in [0.3, 0.4) is 0 Å². The van der Waals surface area contributed by atoms with Crippen molar-refractivity contribution in [3.63, 3.8) is 0 Å². The van der Waals surface area contributed by atoms with Crippen LogP contribution in [0.1, 0.15) is 35.1 Å². The fourth-order valence-electron chi connectivity index (χ4n) is 3.79. The molecule has 0 saturated carbocycles. The summed E-state index contributed by atoms with van der Waals surface area (Å²) in [6.45, 7) is 12.4. The van der Waals surface area contributed by atoms with Crippen LogP contribution in [0.15, 0.2) is 89.9 Å². The maximum atomic E-state index is 5.89. The van der Waals surface area contributed by atoms with Gasteiger partial charge in [-0.3, -0.25) is 0 Å². The van der Waals surface area contributed by atoms with Gasteiger partial charge in [-0.05, 0) is 81.4 Å². The normalized spacial score (nSPS) is 10.6. The van der Waals surface area contributed by atoms with Gasteiger partial charge in [0.05, 0.1) is 19.4 Å². The summed E-state index contributed by atoms with van der Waals surface area (Å²) < 4.78 is 16.7. The molecule has 5 heteroatoms. The highest BCUT2D eigenvalue weighted by atomic mass is 16.5. The Hall–Kier alpha value is -3.83. The number of aryl methyl sites for hydroxylation is 2. The SMILES string of the molecule is C=CCc1ccc(OC)cc1.CCN(C)Cc1ccc(OCCc2nc(-c3ccc(C)cc3)oc2C)cc1. The predicted octanol–water partition coefficient (Wildman–Crippen LogP) is 7.46. The third kappa shape index (κ3) is 8.93. The van der Waals surface area contributed by atoms with E-state index in [9.17, 15) is 0 Å². The first-order valence-corrected chi connectivity index (χ1v) is 13.1. The Bertz CT molecular complexity index is 1240. The summed E-state index contributed by atoms with van der Waals surface area (Å²) in [4.78, 5) is 6.92. The minimum absolute atomic E-state index is 0.578. The zero-order valence-corrected chi connectivity index (χ0v) is 23.4. The van der Waals surface area contributed by atoms with E-state index in [-0.39, 0.29) is 0 Å². The van der Waals surface area contributed by atoms with Gasteiger partial charge in [-0.1, -0.05) is 55.0 Å². The number of hydrogen-bond acceptors (Lipinski definition) is 5. The van der Waals surface area contributed by atoms with Crippen LogP contribution in [0.2, 0.25) is 0 Å². The van der Waals surface area contributed by atoms with E-state index >= 15 is 0 Å². The summed E-state index contributed by atoms with van der Waals surface area (Å²) in [6, 6.07) is 24.5. The zero-order chi connectivity index (χ0) is 27.3. The minimum Gasteiger partial charge on any atom is -0.497 e. The van der Waals surface area contributed by atoms with E-state index in [1.807, 2.05) is 61.5 Å². The monoisotopic (exact) mass is 512 g/mol. The number of rotatable bonds is 11. The molecule has 0 radical (unpaired) electrons. The van der Waals surface area contributed by atoms with Crippen LogP contribution < -0.4 is 9.47 Å². The van der Waals surface area contributed by atoms with E-state index in [0.29, 0.717) is 12.5 Å². The molecular weight excluding hydrogens is 472 g/mol. The van der Waals surface area contributed by atoms with Gasteiger partial charge in [0.25, 0.3) is 0 Å². The quantitative estimate of drug-likeness (QED) is 0.195. The van der Waals surface area contributed by atoms with Gasteiger partial charge in [0.1, 0.15) is 17.3 Å². The van der Waals surface area contributed by atoms with Crippen LogP contribution in [0.25, 0.3) is 11.5 Å². The van der Waals surface area contributed by atoms with Crippen molar-refractivity contribution in [3.8, 4) is 23.0 Å². The average molecular weight is 513 g/mol. The Morgan fingerprint density at radius 3 is 2.13 bits per heavy atom. The fraction of sp³-hybridized carbons (Fsp3) is 0.303. The molecule has 0 unspecified atom stereocenters.